The van der Waals surface area contributed by atoms with Crippen LogP contribution in [0.15, 0.2) is 3.00 Å². The molecule has 0 aliphatic rings. The van der Waals surface area contributed by atoms with Gasteiger partial charge in [-0.1, -0.05) is 83.4 Å². The van der Waals surface area contributed by atoms with Gasteiger partial charge in [0.05, 0.1) is 0 Å². The van der Waals surface area contributed by atoms with Crippen molar-refractivity contribution in [3.63, 3.8) is 0 Å². The summed E-state index contributed by atoms with van der Waals surface area (Å²) in [5, 5.41) is 7.94. The molecule has 0 saturated heterocycles. The molecule has 0 N–H and O–H groups in total. The minimum atomic E-state index is -1.11. The number of hydrogen-bond acceptors (Lipinski definition) is 1. The minimum absolute atomic E-state index is 0.957. The molecule has 25 heavy (non-hydrogen) atoms. The Morgan fingerprint density at radius 1 is 0.600 bits per heavy atom. The molecule has 0 aromatic rings. The molecule has 0 rings (SSSR count). The van der Waals surface area contributed by atoms with Gasteiger partial charge in [-0.15, -0.1) is 0 Å². The van der Waals surface area contributed by atoms with Gasteiger partial charge in [-0.3, -0.25) is 0 Å². The third-order valence-electron chi connectivity index (χ3n) is 1.87. The first-order valence-corrected chi connectivity index (χ1v) is 21.2. The van der Waals surface area contributed by atoms with Crippen molar-refractivity contribution < 1.29 is 20.9 Å². The average Bonchev–Trinajstić information content (AvgIpc) is 2.37. The van der Waals surface area contributed by atoms with Crippen molar-refractivity contribution in [1.82, 2.24) is 0 Å². The van der Waals surface area contributed by atoms with Crippen molar-refractivity contribution in [2.75, 3.05) is 26.2 Å². The maximum absolute atomic E-state index is 4.82. The van der Waals surface area contributed by atoms with Crippen LogP contribution in [0.25, 0.3) is 15.3 Å². The van der Waals surface area contributed by atoms with E-state index in [0.717, 1.165) is 26.2 Å². The van der Waals surface area contributed by atoms with Crippen molar-refractivity contribution in [3.05, 3.63) is 15.3 Å². The van der Waals surface area contributed by atoms with Crippen molar-refractivity contribution >= 4 is 24.7 Å². The van der Waals surface area contributed by atoms with E-state index >= 15 is 0 Å². The summed E-state index contributed by atoms with van der Waals surface area (Å²) in [6, 6.07) is 0. The van der Waals surface area contributed by atoms with Crippen LogP contribution in [-0.4, -0.2) is 50.9 Å². The van der Waals surface area contributed by atoms with Gasteiger partial charge in [-0.2, -0.15) is 26.2 Å². The van der Waals surface area contributed by atoms with Crippen LogP contribution in [0, 0.1) is 0 Å². The van der Waals surface area contributed by atoms with Crippen LogP contribution in [0.3, 0.4) is 0 Å². The Kier molecular flexibility index (Phi) is 26.7. The zero-order chi connectivity index (χ0) is 21.2. The van der Waals surface area contributed by atoms with Crippen molar-refractivity contribution in [2.45, 2.75) is 86.6 Å². The molecule has 0 saturated carbocycles. The van der Waals surface area contributed by atoms with Crippen molar-refractivity contribution in [1.29, 1.82) is 0 Å². The first-order valence-electron chi connectivity index (χ1n) is 9.46. The fourth-order valence-electron chi connectivity index (χ4n) is 1.45. The van der Waals surface area contributed by atoms with E-state index in [2.05, 4.69) is 72.6 Å². The fraction of sp³-hybridized carbons (Fsp3) is 1.00. The molecule has 0 heterocycles. The molecule has 0 spiro atoms. The van der Waals surface area contributed by atoms with Gasteiger partial charge >= 0.3 is 51.8 Å². The van der Waals surface area contributed by atoms with Gasteiger partial charge in [0.25, 0.3) is 0 Å². The number of nitrogens with zero attached hydrogens (tertiary/aromatic N) is 4. The van der Waals surface area contributed by atoms with Gasteiger partial charge in [0.15, 0.2) is 0 Å². The van der Waals surface area contributed by atoms with Gasteiger partial charge in [-0.05, 0) is 0 Å². The van der Waals surface area contributed by atoms with Crippen LogP contribution >= 0.6 is 0 Å². The second kappa shape index (κ2) is 19.8. The van der Waals surface area contributed by atoms with Gasteiger partial charge in [0.2, 0.25) is 0 Å². The molecule has 0 radical (unpaired) electrons. The van der Waals surface area contributed by atoms with Crippen LogP contribution < -0.4 is 0 Å². The van der Waals surface area contributed by atoms with Gasteiger partial charge in [0.1, 0.15) is 0 Å². The Hall–Kier alpha value is 1.07. The molecule has 0 unspecified atom stereocenters. The molecule has 0 amide bonds. The predicted octanol–water partition coefficient (Wildman–Crippen LogP) is 7.38. The van der Waals surface area contributed by atoms with E-state index < -0.39 is 24.7 Å². The van der Waals surface area contributed by atoms with Crippen molar-refractivity contribution in [3.8, 4) is 0 Å². The number of hydrogen-bond donors (Lipinski definition) is 0. The average molecular weight is 573 g/mol. The Morgan fingerprint density at radius 2 is 0.800 bits per heavy atom. The first kappa shape index (κ1) is 33.6. The van der Waals surface area contributed by atoms with Crippen LogP contribution in [0.1, 0.15) is 27.7 Å². The summed E-state index contributed by atoms with van der Waals surface area (Å²) in [5.74, 6) is 0. The predicted molar refractivity (Wildman–Crippen MR) is 125 cm³/mol. The summed E-state index contributed by atoms with van der Waals surface area (Å²) in [5.41, 5.74) is 0. The monoisotopic (exact) mass is 572 g/mol. The van der Waals surface area contributed by atoms with Crippen LogP contribution in [0.5, 0.6) is 0 Å². The molecule has 0 aromatic carbocycles. The van der Waals surface area contributed by atoms with E-state index in [1.807, 2.05) is 27.7 Å². The zero-order valence-corrected chi connectivity index (χ0v) is 25.8. The zero-order valence-electron chi connectivity index (χ0n) is 19.6. The molecular weight excluding hydrogens is 525 g/mol. The summed E-state index contributed by atoms with van der Waals surface area (Å²) in [6.45, 7) is 32.6. The summed E-state index contributed by atoms with van der Waals surface area (Å²) >= 11 is 1.21. The second-order valence-electron chi connectivity index (χ2n) is 8.44. The topological polar surface area (TPSA) is 54.7 Å². The standard InChI is InChI=1S/C6H18NSi2.2C4H10N.C3H9NSi.Ta/c1-8(2,3)7-9(4,5)6;2*1-3-5-4-2;1-5(2,3)4;/h1-6H3;2*3-4H2,1-2H3;1-3H3;/q3*-1;;. The van der Waals surface area contributed by atoms with Crippen molar-refractivity contribution in [2.24, 2.45) is 3.00 Å². The molecule has 155 valence electrons. The van der Waals surface area contributed by atoms with Crippen LogP contribution in [-0.2, 0) is 20.9 Å². The summed E-state index contributed by atoms with van der Waals surface area (Å²) in [6.07, 6.45) is 0. The van der Waals surface area contributed by atoms with E-state index in [-0.39, 0.29) is 0 Å². The molecule has 0 fully saturated rings. The Bertz CT molecular complexity index is 251. The molecule has 0 aliphatic carbocycles. The van der Waals surface area contributed by atoms with Gasteiger partial charge < -0.3 is 15.3 Å². The molecule has 8 heteroatoms. The molecule has 4 nitrogen and oxygen atoms in total. The van der Waals surface area contributed by atoms with E-state index in [4.69, 9.17) is 4.65 Å². The first-order chi connectivity index (χ1) is 11.1. The molecule has 0 bridgehead atoms. The maximum atomic E-state index is 4.82. The SMILES string of the molecule is CC[N-]CC.CC[N-]CC.C[Si](C)(C)[N-][Si](C)(C)C.C[Si](C)(C)[N]=[Ta]. The summed E-state index contributed by atoms with van der Waals surface area (Å²) in [4.78, 5) is 0. The Labute approximate surface area is 176 Å². The molecule has 0 aromatic heterocycles. The van der Waals surface area contributed by atoms with Crippen LogP contribution in [0.2, 0.25) is 58.9 Å². The quantitative estimate of drug-likeness (QED) is 0.286. The Balaban J connectivity index is -0.000000122. The van der Waals surface area contributed by atoms with E-state index in [1.54, 1.807) is 0 Å². The number of rotatable bonds is 7. The normalized spacial score (nSPS) is 11.0. The summed E-state index contributed by atoms with van der Waals surface area (Å²) < 4.78 is 9.09. The second-order valence-corrected chi connectivity index (χ2v) is 24.7. The Morgan fingerprint density at radius 3 is 0.800 bits per heavy atom. The fourth-order valence-corrected chi connectivity index (χ4v) is 9.50. The third-order valence-corrected chi connectivity index (χ3v) is 14.3. The van der Waals surface area contributed by atoms with Gasteiger partial charge in [0, 0.05) is 0 Å². The van der Waals surface area contributed by atoms with Crippen LogP contribution in [0.4, 0.5) is 0 Å². The molecular formula is C17H47N4Si3Ta-3. The molecule has 0 aliphatic heterocycles. The van der Waals surface area contributed by atoms with E-state index in [9.17, 15) is 0 Å². The molecule has 0 atom stereocenters. The van der Waals surface area contributed by atoms with E-state index in [1.165, 1.54) is 20.9 Å². The summed E-state index contributed by atoms with van der Waals surface area (Å²) in [7, 11) is -3.17. The van der Waals surface area contributed by atoms with Gasteiger partial charge in [-0.25, -0.2) is 0 Å². The third kappa shape index (κ3) is 67.4. The van der Waals surface area contributed by atoms with E-state index in [0.29, 0.717) is 0 Å².